The fourth-order valence-electron chi connectivity index (χ4n) is 1.44. The molecule has 2 atom stereocenters. The molecule has 0 amide bonds. The summed E-state index contributed by atoms with van der Waals surface area (Å²) in [7, 11) is 4.15. The van der Waals surface area contributed by atoms with Gasteiger partial charge in [0.15, 0.2) is 0 Å². The molecule has 2 heteroatoms. The van der Waals surface area contributed by atoms with Crippen LogP contribution in [-0.4, -0.2) is 36.8 Å². The normalized spacial score (nSPS) is 34.7. The Hall–Kier alpha value is -0.0800. The van der Waals surface area contributed by atoms with E-state index in [0.29, 0.717) is 18.6 Å². The van der Waals surface area contributed by atoms with Gasteiger partial charge in [-0.1, -0.05) is 0 Å². The summed E-state index contributed by atoms with van der Waals surface area (Å²) in [5.41, 5.74) is 0. The number of hydrogen-bond acceptors (Lipinski definition) is 2. The Kier molecular flexibility index (Phi) is 2.09. The van der Waals surface area contributed by atoms with Crippen molar-refractivity contribution in [3.05, 3.63) is 0 Å². The minimum Gasteiger partial charge on any atom is -0.396 e. The second-order valence-corrected chi connectivity index (χ2v) is 3.05. The van der Waals surface area contributed by atoms with E-state index in [1.807, 2.05) is 0 Å². The average Bonchev–Trinajstić information content (AvgIpc) is 1.61. The second-order valence-electron chi connectivity index (χ2n) is 3.05. The lowest BCUT2D eigenvalue weighted by atomic mass is 9.79. The summed E-state index contributed by atoms with van der Waals surface area (Å²) >= 11 is 0. The second kappa shape index (κ2) is 2.67. The molecule has 0 radical (unpaired) electrons. The van der Waals surface area contributed by atoms with Crippen molar-refractivity contribution in [2.75, 3.05) is 20.7 Å². The van der Waals surface area contributed by atoms with Crippen molar-refractivity contribution in [3.8, 4) is 0 Å². The first-order chi connectivity index (χ1) is 4.25. The summed E-state index contributed by atoms with van der Waals surface area (Å²) in [5, 5.41) is 8.78. The summed E-state index contributed by atoms with van der Waals surface area (Å²) in [5.74, 6) is 0.556. The van der Waals surface area contributed by atoms with Crippen LogP contribution in [0.1, 0.15) is 12.8 Å². The molecular weight excluding hydrogens is 114 g/mol. The molecular formula is C7H15NO. The van der Waals surface area contributed by atoms with Gasteiger partial charge in [0.25, 0.3) is 0 Å². The molecule has 1 saturated carbocycles. The lowest BCUT2D eigenvalue weighted by Crippen LogP contribution is -2.44. The molecule has 1 fully saturated rings. The summed E-state index contributed by atoms with van der Waals surface area (Å²) in [6, 6.07) is 0.648. The Bertz CT molecular complexity index is 90.9. The van der Waals surface area contributed by atoms with Gasteiger partial charge in [-0.3, -0.25) is 0 Å². The smallest absolute Gasteiger partial charge is 0.0474 e. The van der Waals surface area contributed by atoms with Crippen molar-refractivity contribution >= 4 is 0 Å². The van der Waals surface area contributed by atoms with Gasteiger partial charge < -0.3 is 10.0 Å². The van der Waals surface area contributed by atoms with Gasteiger partial charge in [-0.05, 0) is 32.9 Å². The summed E-state index contributed by atoms with van der Waals surface area (Å²) < 4.78 is 0. The average molecular weight is 129 g/mol. The predicted octanol–water partition coefficient (Wildman–Crippen LogP) is 0.319. The Morgan fingerprint density at radius 3 is 2.22 bits per heavy atom. The molecule has 9 heavy (non-hydrogen) atoms. The fourth-order valence-corrected chi connectivity index (χ4v) is 1.44. The van der Waals surface area contributed by atoms with Crippen LogP contribution in [0.4, 0.5) is 0 Å². The predicted molar refractivity (Wildman–Crippen MR) is 37.3 cm³/mol. The first-order valence-electron chi connectivity index (χ1n) is 3.53. The molecule has 1 N–H and O–H groups in total. The van der Waals surface area contributed by atoms with Crippen molar-refractivity contribution in [2.45, 2.75) is 18.9 Å². The first kappa shape index (κ1) is 7.03. The molecule has 2 nitrogen and oxygen atoms in total. The van der Waals surface area contributed by atoms with E-state index >= 15 is 0 Å². The number of aliphatic hydroxyl groups excluding tert-OH is 1. The van der Waals surface area contributed by atoms with Crippen molar-refractivity contribution in [1.29, 1.82) is 0 Å². The molecule has 1 rings (SSSR count). The van der Waals surface area contributed by atoms with Crippen LogP contribution in [0.3, 0.4) is 0 Å². The zero-order chi connectivity index (χ0) is 6.85. The van der Waals surface area contributed by atoms with E-state index in [0.717, 1.165) is 0 Å². The van der Waals surface area contributed by atoms with Crippen LogP contribution in [0.5, 0.6) is 0 Å². The number of aliphatic hydroxyl groups is 1. The molecule has 54 valence electrons. The molecule has 0 spiro atoms. The minimum absolute atomic E-state index is 0.364. The van der Waals surface area contributed by atoms with Crippen LogP contribution in [0, 0.1) is 5.92 Å². The van der Waals surface area contributed by atoms with Crippen molar-refractivity contribution in [1.82, 2.24) is 4.90 Å². The lowest BCUT2D eigenvalue weighted by Gasteiger charge is -2.39. The molecule has 0 aliphatic heterocycles. The highest BCUT2D eigenvalue weighted by Gasteiger charge is 2.31. The third-order valence-corrected chi connectivity index (χ3v) is 2.28. The highest BCUT2D eigenvalue weighted by atomic mass is 16.3. The highest BCUT2D eigenvalue weighted by Crippen LogP contribution is 2.29. The summed E-state index contributed by atoms with van der Waals surface area (Å²) in [6.45, 7) is 0.364. The molecule has 0 saturated heterocycles. The summed E-state index contributed by atoms with van der Waals surface area (Å²) in [4.78, 5) is 2.20. The fraction of sp³-hybridized carbons (Fsp3) is 1.00. The molecule has 0 aromatic carbocycles. The molecule has 1 aliphatic rings. The highest BCUT2D eigenvalue weighted by molar-refractivity contribution is 4.85. The van der Waals surface area contributed by atoms with Crippen molar-refractivity contribution < 1.29 is 5.11 Å². The molecule has 0 bridgehead atoms. The van der Waals surface area contributed by atoms with Crippen LogP contribution < -0.4 is 0 Å². The Labute approximate surface area is 56.5 Å². The molecule has 0 unspecified atom stereocenters. The zero-order valence-corrected chi connectivity index (χ0v) is 6.17. The number of hydrogen-bond donors (Lipinski definition) is 1. The van der Waals surface area contributed by atoms with E-state index in [4.69, 9.17) is 5.11 Å². The van der Waals surface area contributed by atoms with Crippen LogP contribution in [0.2, 0.25) is 0 Å². The van der Waals surface area contributed by atoms with Crippen LogP contribution in [0.15, 0.2) is 0 Å². The molecule has 1 aliphatic carbocycles. The summed E-state index contributed by atoms with van der Waals surface area (Å²) in [6.07, 6.45) is 2.47. The van der Waals surface area contributed by atoms with Gasteiger partial charge in [0.2, 0.25) is 0 Å². The van der Waals surface area contributed by atoms with Crippen molar-refractivity contribution in [2.24, 2.45) is 5.92 Å². The zero-order valence-electron chi connectivity index (χ0n) is 6.17. The third kappa shape index (κ3) is 1.25. The van der Waals surface area contributed by atoms with E-state index in [1.54, 1.807) is 0 Å². The standard InChI is InChI=1S/C7H15NO/c1-8(2)7-4-3-6(7)5-9/h6-7,9H,3-5H2,1-2H3/t6-,7+/m0/s1. The van der Waals surface area contributed by atoms with Gasteiger partial charge in [0.05, 0.1) is 0 Å². The van der Waals surface area contributed by atoms with Gasteiger partial charge in [-0.2, -0.15) is 0 Å². The van der Waals surface area contributed by atoms with Crippen LogP contribution in [-0.2, 0) is 0 Å². The molecule has 0 aromatic rings. The van der Waals surface area contributed by atoms with Gasteiger partial charge >= 0.3 is 0 Å². The molecule has 0 heterocycles. The Morgan fingerprint density at radius 2 is 2.11 bits per heavy atom. The third-order valence-electron chi connectivity index (χ3n) is 2.28. The number of rotatable bonds is 2. The van der Waals surface area contributed by atoms with E-state index < -0.39 is 0 Å². The quantitative estimate of drug-likeness (QED) is 0.580. The first-order valence-corrected chi connectivity index (χ1v) is 3.53. The minimum atomic E-state index is 0.364. The van der Waals surface area contributed by atoms with E-state index in [9.17, 15) is 0 Å². The van der Waals surface area contributed by atoms with Gasteiger partial charge in [-0.25, -0.2) is 0 Å². The largest absolute Gasteiger partial charge is 0.396 e. The Morgan fingerprint density at radius 1 is 1.44 bits per heavy atom. The van der Waals surface area contributed by atoms with E-state index in [2.05, 4.69) is 19.0 Å². The van der Waals surface area contributed by atoms with Gasteiger partial charge in [-0.15, -0.1) is 0 Å². The van der Waals surface area contributed by atoms with Crippen LogP contribution in [0.25, 0.3) is 0 Å². The topological polar surface area (TPSA) is 23.5 Å². The maximum Gasteiger partial charge on any atom is 0.0474 e. The van der Waals surface area contributed by atoms with Crippen LogP contribution >= 0.6 is 0 Å². The molecule has 0 aromatic heterocycles. The monoisotopic (exact) mass is 129 g/mol. The van der Waals surface area contributed by atoms with Gasteiger partial charge in [0, 0.05) is 12.6 Å². The maximum atomic E-state index is 8.78. The lowest BCUT2D eigenvalue weighted by molar-refractivity contribution is 0.0557. The van der Waals surface area contributed by atoms with Crippen molar-refractivity contribution in [3.63, 3.8) is 0 Å². The van der Waals surface area contributed by atoms with Gasteiger partial charge in [0.1, 0.15) is 0 Å². The van der Waals surface area contributed by atoms with E-state index in [-0.39, 0.29) is 0 Å². The SMILES string of the molecule is CN(C)[C@@H]1CC[C@H]1CO. The number of nitrogens with zero attached hydrogens (tertiary/aromatic N) is 1. The Balaban J connectivity index is 2.27. The maximum absolute atomic E-state index is 8.78. The van der Waals surface area contributed by atoms with E-state index in [1.165, 1.54) is 12.8 Å².